The SMILES string of the molecule is CCCC[C@H](N)C(=O)Nc1cccc(C(C)C)c1. The average Bonchev–Trinajstić information content (AvgIpc) is 2.36. The van der Waals surface area contributed by atoms with E-state index in [1.54, 1.807) is 0 Å². The van der Waals surface area contributed by atoms with E-state index < -0.39 is 6.04 Å². The third-order valence-corrected chi connectivity index (χ3v) is 3.03. The van der Waals surface area contributed by atoms with E-state index >= 15 is 0 Å². The van der Waals surface area contributed by atoms with Crippen molar-refractivity contribution in [3.05, 3.63) is 29.8 Å². The van der Waals surface area contributed by atoms with E-state index in [4.69, 9.17) is 5.73 Å². The summed E-state index contributed by atoms with van der Waals surface area (Å²) in [5, 5.41) is 2.88. The summed E-state index contributed by atoms with van der Waals surface area (Å²) < 4.78 is 0. The van der Waals surface area contributed by atoms with Crippen LogP contribution in [-0.4, -0.2) is 11.9 Å². The van der Waals surface area contributed by atoms with Gasteiger partial charge < -0.3 is 11.1 Å². The Balaban J connectivity index is 2.61. The van der Waals surface area contributed by atoms with Gasteiger partial charge in [0, 0.05) is 5.69 Å². The summed E-state index contributed by atoms with van der Waals surface area (Å²) in [6.07, 6.45) is 2.79. The lowest BCUT2D eigenvalue weighted by Gasteiger charge is -2.13. The van der Waals surface area contributed by atoms with Gasteiger partial charge in [0.25, 0.3) is 0 Å². The van der Waals surface area contributed by atoms with Crippen LogP contribution in [0.25, 0.3) is 0 Å². The van der Waals surface area contributed by atoms with Crippen molar-refractivity contribution in [2.24, 2.45) is 5.73 Å². The molecule has 1 amide bonds. The molecule has 0 aliphatic heterocycles. The quantitative estimate of drug-likeness (QED) is 0.811. The highest BCUT2D eigenvalue weighted by molar-refractivity contribution is 5.94. The Hall–Kier alpha value is -1.35. The maximum atomic E-state index is 11.9. The summed E-state index contributed by atoms with van der Waals surface area (Å²) in [6.45, 7) is 6.36. The zero-order valence-corrected chi connectivity index (χ0v) is 11.6. The van der Waals surface area contributed by atoms with E-state index in [9.17, 15) is 4.79 Å². The molecular formula is C15H24N2O. The highest BCUT2D eigenvalue weighted by Gasteiger charge is 2.13. The van der Waals surface area contributed by atoms with Gasteiger partial charge in [0.2, 0.25) is 5.91 Å². The Labute approximate surface area is 110 Å². The van der Waals surface area contributed by atoms with Crippen LogP contribution in [0.5, 0.6) is 0 Å². The van der Waals surface area contributed by atoms with Crippen molar-refractivity contribution in [2.75, 3.05) is 5.32 Å². The molecule has 18 heavy (non-hydrogen) atoms. The summed E-state index contributed by atoms with van der Waals surface area (Å²) in [4.78, 5) is 11.9. The first-order valence-electron chi connectivity index (χ1n) is 6.71. The molecule has 0 aromatic heterocycles. The standard InChI is InChI=1S/C15H24N2O/c1-4-5-9-14(16)15(18)17-13-8-6-7-12(10-13)11(2)3/h6-8,10-11,14H,4-5,9,16H2,1-3H3,(H,17,18)/t14-/m0/s1. The summed E-state index contributed by atoms with van der Waals surface area (Å²) in [5.74, 6) is 0.361. The lowest BCUT2D eigenvalue weighted by Crippen LogP contribution is -2.35. The Morgan fingerprint density at radius 1 is 1.39 bits per heavy atom. The van der Waals surface area contributed by atoms with Crippen LogP contribution in [0, 0.1) is 0 Å². The summed E-state index contributed by atoms with van der Waals surface area (Å²) in [7, 11) is 0. The van der Waals surface area contributed by atoms with Crippen LogP contribution in [0.2, 0.25) is 0 Å². The number of nitrogens with one attached hydrogen (secondary N) is 1. The largest absolute Gasteiger partial charge is 0.325 e. The third kappa shape index (κ3) is 4.49. The fraction of sp³-hybridized carbons (Fsp3) is 0.533. The van der Waals surface area contributed by atoms with Gasteiger partial charge in [-0.15, -0.1) is 0 Å². The third-order valence-electron chi connectivity index (χ3n) is 3.03. The normalized spacial score (nSPS) is 12.5. The van der Waals surface area contributed by atoms with E-state index in [2.05, 4.69) is 32.2 Å². The highest BCUT2D eigenvalue weighted by atomic mass is 16.2. The van der Waals surface area contributed by atoms with Gasteiger partial charge in [-0.1, -0.05) is 45.7 Å². The molecule has 3 N–H and O–H groups in total. The van der Waals surface area contributed by atoms with Crippen LogP contribution in [0.3, 0.4) is 0 Å². The summed E-state index contributed by atoms with van der Waals surface area (Å²) in [6, 6.07) is 7.53. The van der Waals surface area contributed by atoms with Crippen molar-refractivity contribution in [1.29, 1.82) is 0 Å². The van der Waals surface area contributed by atoms with Crippen molar-refractivity contribution in [1.82, 2.24) is 0 Å². The summed E-state index contributed by atoms with van der Waals surface area (Å²) >= 11 is 0. The fourth-order valence-corrected chi connectivity index (χ4v) is 1.77. The monoisotopic (exact) mass is 248 g/mol. The maximum absolute atomic E-state index is 11.9. The lowest BCUT2D eigenvalue weighted by atomic mass is 10.0. The first-order chi connectivity index (χ1) is 8.54. The number of nitrogens with two attached hydrogens (primary N) is 1. The minimum atomic E-state index is -0.410. The van der Waals surface area contributed by atoms with Crippen LogP contribution in [0.4, 0.5) is 5.69 Å². The minimum Gasteiger partial charge on any atom is -0.325 e. The second kappa shape index (κ2) is 7.17. The van der Waals surface area contributed by atoms with Crippen LogP contribution in [-0.2, 0) is 4.79 Å². The maximum Gasteiger partial charge on any atom is 0.241 e. The predicted molar refractivity (Wildman–Crippen MR) is 76.7 cm³/mol. The first kappa shape index (κ1) is 14.7. The Bertz CT molecular complexity index is 388. The molecule has 0 heterocycles. The average molecular weight is 248 g/mol. The molecule has 3 nitrogen and oxygen atoms in total. The van der Waals surface area contributed by atoms with Crippen molar-refractivity contribution < 1.29 is 4.79 Å². The van der Waals surface area contributed by atoms with Gasteiger partial charge in [0.15, 0.2) is 0 Å². The van der Waals surface area contributed by atoms with Gasteiger partial charge in [-0.3, -0.25) is 4.79 Å². The number of rotatable bonds is 6. The fourth-order valence-electron chi connectivity index (χ4n) is 1.77. The molecule has 0 saturated carbocycles. The van der Waals surface area contributed by atoms with Crippen LogP contribution < -0.4 is 11.1 Å². The molecule has 1 aromatic rings. The number of hydrogen-bond donors (Lipinski definition) is 2. The zero-order chi connectivity index (χ0) is 13.5. The molecule has 1 atom stereocenters. The highest BCUT2D eigenvalue weighted by Crippen LogP contribution is 2.18. The topological polar surface area (TPSA) is 55.1 Å². The molecule has 0 aliphatic carbocycles. The van der Waals surface area contributed by atoms with Crippen LogP contribution in [0.1, 0.15) is 51.5 Å². The molecular weight excluding hydrogens is 224 g/mol. The molecule has 100 valence electrons. The van der Waals surface area contributed by atoms with Gasteiger partial charge in [-0.25, -0.2) is 0 Å². The number of benzene rings is 1. The lowest BCUT2D eigenvalue weighted by molar-refractivity contribution is -0.117. The second-order valence-corrected chi connectivity index (χ2v) is 5.02. The number of unbranched alkanes of at least 4 members (excludes halogenated alkanes) is 1. The molecule has 0 radical (unpaired) electrons. The Kier molecular flexibility index (Phi) is 5.86. The Morgan fingerprint density at radius 2 is 2.11 bits per heavy atom. The molecule has 1 rings (SSSR count). The molecule has 0 saturated heterocycles. The van der Waals surface area contributed by atoms with E-state index in [1.807, 2.05) is 18.2 Å². The second-order valence-electron chi connectivity index (χ2n) is 5.02. The molecule has 1 aromatic carbocycles. The van der Waals surface area contributed by atoms with Gasteiger partial charge in [-0.2, -0.15) is 0 Å². The zero-order valence-electron chi connectivity index (χ0n) is 11.6. The Morgan fingerprint density at radius 3 is 2.72 bits per heavy atom. The van der Waals surface area contributed by atoms with Crippen molar-refractivity contribution in [3.8, 4) is 0 Å². The van der Waals surface area contributed by atoms with Crippen molar-refractivity contribution >= 4 is 11.6 Å². The van der Waals surface area contributed by atoms with E-state index in [1.165, 1.54) is 5.56 Å². The molecule has 0 unspecified atom stereocenters. The number of carbonyl (C=O) groups excluding carboxylic acids is 1. The number of carbonyl (C=O) groups is 1. The smallest absolute Gasteiger partial charge is 0.241 e. The first-order valence-corrected chi connectivity index (χ1v) is 6.71. The molecule has 3 heteroatoms. The van der Waals surface area contributed by atoms with E-state index in [-0.39, 0.29) is 5.91 Å². The molecule has 0 bridgehead atoms. The summed E-state index contributed by atoms with van der Waals surface area (Å²) in [5.41, 5.74) is 7.89. The van der Waals surface area contributed by atoms with Gasteiger partial charge in [-0.05, 0) is 30.0 Å². The minimum absolute atomic E-state index is 0.0932. The number of hydrogen-bond acceptors (Lipinski definition) is 2. The van der Waals surface area contributed by atoms with Crippen molar-refractivity contribution in [2.45, 2.75) is 52.0 Å². The number of amides is 1. The van der Waals surface area contributed by atoms with Gasteiger partial charge >= 0.3 is 0 Å². The molecule has 0 aliphatic rings. The number of anilines is 1. The molecule has 0 spiro atoms. The van der Waals surface area contributed by atoms with Crippen molar-refractivity contribution in [3.63, 3.8) is 0 Å². The van der Waals surface area contributed by atoms with Gasteiger partial charge in [0.05, 0.1) is 6.04 Å². The van der Waals surface area contributed by atoms with Crippen LogP contribution in [0.15, 0.2) is 24.3 Å². The van der Waals surface area contributed by atoms with Gasteiger partial charge in [0.1, 0.15) is 0 Å². The predicted octanol–water partition coefficient (Wildman–Crippen LogP) is 3.27. The van der Waals surface area contributed by atoms with E-state index in [0.29, 0.717) is 5.92 Å². The van der Waals surface area contributed by atoms with Crippen LogP contribution >= 0.6 is 0 Å². The molecule has 0 fully saturated rings. The van der Waals surface area contributed by atoms with E-state index in [0.717, 1.165) is 24.9 Å².